The fourth-order valence-corrected chi connectivity index (χ4v) is 2.15. The number of aromatic nitrogens is 2. The summed E-state index contributed by atoms with van der Waals surface area (Å²) in [4.78, 5) is 12.1. The molecule has 0 aliphatic rings. The Hall–Kier alpha value is -1.53. The number of hydrogen-bond donors (Lipinski definition) is 1. The van der Waals surface area contributed by atoms with Crippen molar-refractivity contribution in [2.75, 3.05) is 24.4 Å². The van der Waals surface area contributed by atoms with Crippen molar-refractivity contribution in [1.82, 2.24) is 9.78 Å². The van der Waals surface area contributed by atoms with Crippen LogP contribution in [0.3, 0.4) is 0 Å². The van der Waals surface area contributed by atoms with Gasteiger partial charge in [0.2, 0.25) is 0 Å². The van der Waals surface area contributed by atoms with Crippen molar-refractivity contribution in [1.29, 1.82) is 0 Å². The molecule has 1 heterocycles. The van der Waals surface area contributed by atoms with E-state index in [9.17, 15) is 9.35 Å². The highest BCUT2D eigenvalue weighted by Crippen LogP contribution is 2.14. The summed E-state index contributed by atoms with van der Waals surface area (Å²) in [5.41, 5.74) is 0.803. The molecule has 2 aromatic rings. The Bertz CT molecular complexity index is 610. The minimum absolute atomic E-state index is 0.138. The zero-order valence-corrected chi connectivity index (χ0v) is 11.2. The van der Waals surface area contributed by atoms with Crippen molar-refractivity contribution >= 4 is 27.6 Å². The molecule has 0 aliphatic heterocycles. The molecule has 0 saturated heterocycles. The van der Waals surface area contributed by atoms with Gasteiger partial charge in [-0.05, 0) is 18.2 Å². The van der Waals surface area contributed by atoms with Gasteiger partial charge >= 0.3 is 0 Å². The molecule has 0 bridgehead atoms. The van der Waals surface area contributed by atoms with Gasteiger partial charge in [0.25, 0.3) is 5.56 Å². The van der Waals surface area contributed by atoms with Crippen LogP contribution in [0.1, 0.15) is 0 Å². The highest BCUT2D eigenvalue weighted by molar-refractivity contribution is 7.90. The highest BCUT2D eigenvalue weighted by Gasteiger charge is 2.06. The van der Waals surface area contributed by atoms with Gasteiger partial charge in [-0.25, -0.2) is 4.68 Å². The van der Waals surface area contributed by atoms with Crippen molar-refractivity contribution in [3.63, 3.8) is 0 Å². The van der Waals surface area contributed by atoms with Crippen LogP contribution in [0, 0.1) is 0 Å². The first-order valence-electron chi connectivity index (χ1n) is 5.59. The molecule has 2 rings (SSSR count). The Labute approximate surface area is 108 Å². The van der Waals surface area contributed by atoms with E-state index in [1.165, 1.54) is 4.68 Å². The molecular formula is C12H15N3O2S. The first-order chi connectivity index (χ1) is 8.61. The first-order valence-corrected chi connectivity index (χ1v) is 7.32. The van der Waals surface area contributed by atoms with Crippen LogP contribution in [0.5, 0.6) is 0 Å². The number of hydrogen-bond acceptors (Lipinski definition) is 4. The third-order valence-electron chi connectivity index (χ3n) is 2.73. The smallest absolute Gasteiger partial charge is 0.274 e. The van der Waals surface area contributed by atoms with Crippen LogP contribution >= 0.6 is 0 Å². The molecule has 0 fully saturated rings. The second-order valence-corrected chi connectivity index (χ2v) is 5.56. The van der Waals surface area contributed by atoms with Gasteiger partial charge in [-0.15, -0.1) is 0 Å². The number of nitrogens with one attached hydrogen (secondary N) is 1. The normalized spacial score (nSPS) is 12.6. The number of benzene rings is 1. The fraction of sp³-hybridized carbons (Fsp3) is 0.333. The lowest BCUT2D eigenvalue weighted by atomic mass is 10.2. The van der Waals surface area contributed by atoms with Crippen LogP contribution in [-0.2, 0) is 17.7 Å². The van der Waals surface area contributed by atoms with E-state index in [0.717, 1.165) is 11.1 Å². The molecule has 1 atom stereocenters. The summed E-state index contributed by atoms with van der Waals surface area (Å²) < 4.78 is 12.4. The molecule has 0 spiro atoms. The van der Waals surface area contributed by atoms with Gasteiger partial charge in [-0.1, -0.05) is 11.2 Å². The van der Waals surface area contributed by atoms with Crippen LogP contribution in [-0.4, -0.2) is 33.4 Å². The molecule has 0 amide bonds. The van der Waals surface area contributed by atoms with Crippen molar-refractivity contribution in [2.24, 2.45) is 0 Å². The van der Waals surface area contributed by atoms with E-state index in [1.807, 2.05) is 19.2 Å². The lowest BCUT2D eigenvalue weighted by Crippen LogP contribution is -2.26. The average molecular weight is 265 g/mol. The molecule has 0 aliphatic carbocycles. The highest BCUT2D eigenvalue weighted by atomic mass is 32.2. The molecule has 1 aromatic carbocycles. The summed E-state index contributed by atoms with van der Waals surface area (Å²) in [5, 5.41) is 8.55. The number of rotatable bonds is 4. The van der Waals surface area contributed by atoms with E-state index in [-0.39, 0.29) is 5.56 Å². The van der Waals surface area contributed by atoms with Crippen molar-refractivity contribution in [2.45, 2.75) is 6.54 Å². The van der Waals surface area contributed by atoms with E-state index in [0.29, 0.717) is 17.7 Å². The Morgan fingerprint density at radius 3 is 2.94 bits per heavy atom. The Morgan fingerprint density at radius 1 is 1.50 bits per heavy atom. The van der Waals surface area contributed by atoms with Crippen LogP contribution in [0.25, 0.3) is 10.8 Å². The van der Waals surface area contributed by atoms with Crippen LogP contribution in [0.4, 0.5) is 5.69 Å². The minimum atomic E-state index is -0.923. The number of fused-ring (bicyclic) bond motifs is 1. The van der Waals surface area contributed by atoms with E-state index in [1.54, 1.807) is 18.5 Å². The van der Waals surface area contributed by atoms with Crippen LogP contribution in [0.15, 0.2) is 29.2 Å². The van der Waals surface area contributed by atoms with Crippen LogP contribution < -0.4 is 10.9 Å². The van der Waals surface area contributed by atoms with Crippen LogP contribution in [0.2, 0.25) is 0 Å². The molecule has 1 aromatic heterocycles. The topological polar surface area (TPSA) is 70.0 Å². The monoisotopic (exact) mass is 265 g/mol. The maximum absolute atomic E-state index is 12.1. The van der Waals surface area contributed by atoms with Gasteiger partial charge in [0.1, 0.15) is 5.75 Å². The third-order valence-corrected chi connectivity index (χ3v) is 3.49. The summed E-state index contributed by atoms with van der Waals surface area (Å²) in [5.74, 6) is 0.438. The third kappa shape index (κ3) is 2.65. The van der Waals surface area contributed by atoms with E-state index >= 15 is 0 Å². The Kier molecular flexibility index (Phi) is 3.88. The SMILES string of the molecule is CNc1ccc2c(=O)n(CC[S+](C)[O-])ncc2c1. The summed E-state index contributed by atoms with van der Waals surface area (Å²) in [6.45, 7) is 0.381. The molecule has 5 nitrogen and oxygen atoms in total. The standard InChI is InChI=1S/C12H15N3O2S/c1-13-10-3-4-11-9(7-10)8-14-15(12(11)16)5-6-18(2)17/h3-4,7-8,13H,5-6H2,1-2H3. The van der Waals surface area contributed by atoms with E-state index in [4.69, 9.17) is 0 Å². The maximum Gasteiger partial charge on any atom is 0.274 e. The summed E-state index contributed by atoms with van der Waals surface area (Å²) in [6, 6.07) is 5.52. The minimum Gasteiger partial charge on any atom is -0.617 e. The number of anilines is 1. The van der Waals surface area contributed by atoms with Gasteiger partial charge in [0.15, 0.2) is 0 Å². The lowest BCUT2D eigenvalue weighted by molar-refractivity contribution is 0.577. The van der Waals surface area contributed by atoms with Gasteiger partial charge < -0.3 is 9.87 Å². The number of aryl methyl sites for hydroxylation is 1. The molecule has 1 N–H and O–H groups in total. The van der Waals surface area contributed by atoms with Gasteiger partial charge in [0.05, 0.1) is 24.4 Å². The van der Waals surface area contributed by atoms with E-state index < -0.39 is 11.2 Å². The molecule has 96 valence electrons. The lowest BCUT2D eigenvalue weighted by Gasteiger charge is -2.08. The van der Waals surface area contributed by atoms with Gasteiger partial charge in [-0.3, -0.25) is 4.79 Å². The molecule has 6 heteroatoms. The first kappa shape index (κ1) is 12.9. The molecule has 0 saturated carbocycles. The quantitative estimate of drug-likeness (QED) is 0.831. The van der Waals surface area contributed by atoms with E-state index in [2.05, 4.69) is 10.4 Å². The van der Waals surface area contributed by atoms with Crippen molar-refractivity contribution in [3.8, 4) is 0 Å². The molecular weight excluding hydrogens is 250 g/mol. The van der Waals surface area contributed by atoms with Crippen molar-refractivity contribution < 1.29 is 4.55 Å². The molecule has 0 radical (unpaired) electrons. The summed E-state index contributed by atoms with van der Waals surface area (Å²) >= 11 is -0.923. The second-order valence-electron chi connectivity index (χ2n) is 4.00. The Morgan fingerprint density at radius 2 is 2.28 bits per heavy atom. The summed E-state index contributed by atoms with van der Waals surface area (Å²) in [6.07, 6.45) is 3.28. The summed E-state index contributed by atoms with van der Waals surface area (Å²) in [7, 11) is 1.83. The molecule has 1 unspecified atom stereocenters. The molecule has 18 heavy (non-hydrogen) atoms. The average Bonchev–Trinajstić information content (AvgIpc) is 2.37. The predicted octanol–water partition coefficient (Wildman–Crippen LogP) is 0.817. The Balaban J connectivity index is 2.42. The van der Waals surface area contributed by atoms with Crippen molar-refractivity contribution in [3.05, 3.63) is 34.7 Å². The number of nitrogens with zero attached hydrogens (tertiary/aromatic N) is 2. The van der Waals surface area contributed by atoms with Gasteiger partial charge in [-0.2, -0.15) is 5.10 Å². The largest absolute Gasteiger partial charge is 0.617 e. The maximum atomic E-state index is 12.1. The van der Waals surface area contributed by atoms with Gasteiger partial charge in [0, 0.05) is 18.1 Å². The predicted molar refractivity (Wildman–Crippen MR) is 74.5 cm³/mol. The fourth-order valence-electron chi connectivity index (χ4n) is 1.72. The second kappa shape index (κ2) is 5.41. The zero-order chi connectivity index (χ0) is 13.1. The zero-order valence-electron chi connectivity index (χ0n) is 10.3.